The molecular formula is C23H33NO5. The summed E-state index contributed by atoms with van der Waals surface area (Å²) in [7, 11) is 0. The van der Waals surface area contributed by atoms with Crippen LogP contribution in [0.1, 0.15) is 53.5 Å². The first-order chi connectivity index (χ1) is 13.5. The molecule has 1 aliphatic rings. The van der Waals surface area contributed by atoms with Crippen LogP contribution in [0.2, 0.25) is 0 Å². The highest BCUT2D eigenvalue weighted by Crippen LogP contribution is 2.37. The maximum atomic E-state index is 13.0. The molecule has 6 heteroatoms. The molecule has 1 aromatic carbocycles. The second-order valence-corrected chi connectivity index (χ2v) is 8.72. The molecule has 1 fully saturated rings. The van der Waals surface area contributed by atoms with Gasteiger partial charge in [0.1, 0.15) is 12.3 Å². The monoisotopic (exact) mass is 403 g/mol. The van der Waals surface area contributed by atoms with Gasteiger partial charge < -0.3 is 14.6 Å². The van der Waals surface area contributed by atoms with Crippen LogP contribution in [0, 0.1) is 11.8 Å². The summed E-state index contributed by atoms with van der Waals surface area (Å²) >= 11 is 0. The van der Waals surface area contributed by atoms with E-state index < -0.39 is 23.9 Å². The fourth-order valence-corrected chi connectivity index (χ4v) is 3.71. The number of nitrogens with zero attached hydrogens (tertiary/aromatic N) is 1. The molecule has 2 rings (SSSR count). The fourth-order valence-electron chi connectivity index (χ4n) is 3.71. The molecule has 1 aliphatic heterocycles. The van der Waals surface area contributed by atoms with Gasteiger partial charge in [0.15, 0.2) is 0 Å². The van der Waals surface area contributed by atoms with E-state index in [0.717, 1.165) is 5.56 Å². The van der Waals surface area contributed by atoms with Crippen LogP contribution in [0.15, 0.2) is 42.0 Å². The molecule has 29 heavy (non-hydrogen) atoms. The maximum absolute atomic E-state index is 13.0. The Hall–Kier alpha value is -2.34. The van der Waals surface area contributed by atoms with Crippen LogP contribution < -0.4 is 0 Å². The van der Waals surface area contributed by atoms with E-state index in [1.54, 1.807) is 11.0 Å². The van der Waals surface area contributed by atoms with Gasteiger partial charge in [-0.25, -0.2) is 9.59 Å². The van der Waals surface area contributed by atoms with E-state index >= 15 is 0 Å². The van der Waals surface area contributed by atoms with Gasteiger partial charge in [0, 0.05) is 5.57 Å². The van der Waals surface area contributed by atoms with Crippen LogP contribution in [-0.4, -0.2) is 39.9 Å². The molecule has 1 saturated heterocycles. The van der Waals surface area contributed by atoms with Crippen LogP contribution >= 0.6 is 0 Å². The van der Waals surface area contributed by atoms with Crippen LogP contribution in [-0.2, 0) is 20.9 Å². The van der Waals surface area contributed by atoms with Gasteiger partial charge in [-0.15, -0.1) is 0 Å². The Balaban J connectivity index is 2.29. The highest BCUT2D eigenvalue weighted by atomic mass is 16.6. The average Bonchev–Trinajstić information content (AvgIpc) is 2.87. The van der Waals surface area contributed by atoms with Crippen molar-refractivity contribution in [2.24, 2.45) is 11.8 Å². The summed E-state index contributed by atoms with van der Waals surface area (Å²) in [6.45, 7) is 11.6. The highest BCUT2D eigenvalue weighted by molar-refractivity contribution is 5.87. The molecule has 2 atom stereocenters. The zero-order valence-electron chi connectivity index (χ0n) is 18.2. The molecule has 2 unspecified atom stereocenters. The molecule has 6 nitrogen and oxygen atoms in total. The van der Waals surface area contributed by atoms with Crippen molar-refractivity contribution >= 4 is 12.1 Å². The first kappa shape index (κ1) is 22.9. The smallest absolute Gasteiger partial charge is 0.412 e. The number of benzene rings is 1. The summed E-state index contributed by atoms with van der Waals surface area (Å²) in [5, 5.41) is 9.56. The molecule has 1 heterocycles. The number of carbonyl (C=O) groups is 2. The van der Waals surface area contributed by atoms with E-state index in [1.165, 1.54) is 0 Å². The second kappa shape index (κ2) is 9.44. The summed E-state index contributed by atoms with van der Waals surface area (Å²) in [5.74, 6) is -0.821. The SMILES string of the molecule is CC(C)CC1C(C=C(C(=O)O)C(C)C)OC(C)(C)N1C(=O)OCc1ccccc1. The third-order valence-corrected chi connectivity index (χ3v) is 5.04. The van der Waals surface area contributed by atoms with Gasteiger partial charge in [0.2, 0.25) is 0 Å². The van der Waals surface area contributed by atoms with Crippen molar-refractivity contribution in [2.75, 3.05) is 0 Å². The van der Waals surface area contributed by atoms with E-state index in [4.69, 9.17) is 9.47 Å². The molecule has 0 radical (unpaired) electrons. The van der Waals surface area contributed by atoms with Gasteiger partial charge in [-0.1, -0.05) is 58.0 Å². The van der Waals surface area contributed by atoms with E-state index in [9.17, 15) is 14.7 Å². The third-order valence-electron chi connectivity index (χ3n) is 5.04. The lowest BCUT2D eigenvalue weighted by Crippen LogP contribution is -2.49. The predicted molar refractivity (Wildman–Crippen MR) is 111 cm³/mol. The second-order valence-electron chi connectivity index (χ2n) is 8.72. The number of hydrogen-bond donors (Lipinski definition) is 1. The quantitative estimate of drug-likeness (QED) is 0.659. The van der Waals surface area contributed by atoms with E-state index in [1.807, 2.05) is 58.0 Å². The average molecular weight is 404 g/mol. The number of amides is 1. The number of ether oxygens (including phenoxy) is 2. The summed E-state index contributed by atoms with van der Waals surface area (Å²) in [6, 6.07) is 9.20. The number of carboxylic acid groups (broad SMARTS) is 1. The molecule has 160 valence electrons. The summed E-state index contributed by atoms with van der Waals surface area (Å²) < 4.78 is 11.7. The number of carbonyl (C=O) groups excluding carboxylic acids is 1. The molecule has 0 aromatic heterocycles. The normalized spacial score (nSPS) is 21.7. The van der Waals surface area contributed by atoms with Gasteiger partial charge in [0.25, 0.3) is 0 Å². The zero-order chi connectivity index (χ0) is 21.8. The van der Waals surface area contributed by atoms with Gasteiger partial charge in [-0.05, 0) is 43.7 Å². The zero-order valence-corrected chi connectivity index (χ0v) is 18.2. The Morgan fingerprint density at radius 1 is 1.21 bits per heavy atom. The molecule has 1 amide bonds. The highest BCUT2D eigenvalue weighted by Gasteiger charge is 2.50. The first-order valence-electron chi connectivity index (χ1n) is 10.2. The van der Waals surface area contributed by atoms with E-state index in [0.29, 0.717) is 17.9 Å². The van der Waals surface area contributed by atoms with Crippen LogP contribution in [0.25, 0.3) is 0 Å². The first-order valence-corrected chi connectivity index (χ1v) is 10.2. The van der Waals surface area contributed by atoms with Crippen molar-refractivity contribution in [3.63, 3.8) is 0 Å². The summed E-state index contributed by atoms with van der Waals surface area (Å²) in [5.41, 5.74) is 0.289. The van der Waals surface area contributed by atoms with Gasteiger partial charge in [-0.2, -0.15) is 0 Å². The van der Waals surface area contributed by atoms with Gasteiger partial charge in [-0.3, -0.25) is 4.90 Å². The topological polar surface area (TPSA) is 76.1 Å². The number of carboxylic acids is 1. The Bertz CT molecular complexity index is 739. The summed E-state index contributed by atoms with van der Waals surface area (Å²) in [4.78, 5) is 26.3. The largest absolute Gasteiger partial charge is 0.478 e. The molecule has 1 aromatic rings. The minimum atomic E-state index is -0.963. The number of hydrogen-bond acceptors (Lipinski definition) is 4. The molecule has 0 aliphatic carbocycles. The van der Waals surface area contributed by atoms with Crippen molar-refractivity contribution in [3.8, 4) is 0 Å². The molecule has 1 N–H and O–H groups in total. The van der Waals surface area contributed by atoms with Gasteiger partial charge >= 0.3 is 12.1 Å². The van der Waals surface area contributed by atoms with Crippen molar-refractivity contribution < 1.29 is 24.2 Å². The van der Waals surface area contributed by atoms with E-state index in [2.05, 4.69) is 13.8 Å². The lowest BCUT2D eigenvalue weighted by atomic mass is 9.94. The Kier molecular flexibility index (Phi) is 7.47. The van der Waals surface area contributed by atoms with Crippen LogP contribution in [0.3, 0.4) is 0 Å². The minimum Gasteiger partial charge on any atom is -0.478 e. The minimum absolute atomic E-state index is 0.155. The lowest BCUT2D eigenvalue weighted by molar-refractivity contribution is -0.133. The fraction of sp³-hybridized carbons (Fsp3) is 0.565. The molecule has 0 spiro atoms. The van der Waals surface area contributed by atoms with Crippen molar-refractivity contribution in [1.82, 2.24) is 4.90 Å². The lowest BCUT2D eigenvalue weighted by Gasteiger charge is -2.33. The van der Waals surface area contributed by atoms with E-state index in [-0.39, 0.29) is 18.6 Å². The Morgan fingerprint density at radius 2 is 1.83 bits per heavy atom. The standard InChI is InChI=1S/C23H33NO5/c1-15(2)12-19-20(13-18(16(3)4)21(25)26)29-23(5,6)24(19)22(27)28-14-17-10-8-7-9-11-17/h7-11,13,15-16,19-20H,12,14H2,1-6H3,(H,25,26). The van der Waals surface area contributed by atoms with Crippen molar-refractivity contribution in [1.29, 1.82) is 0 Å². The molecule has 0 bridgehead atoms. The third kappa shape index (κ3) is 5.82. The maximum Gasteiger partial charge on any atom is 0.412 e. The summed E-state index contributed by atoms with van der Waals surface area (Å²) in [6.07, 6.45) is 1.37. The Labute approximate surface area is 173 Å². The Morgan fingerprint density at radius 3 is 2.34 bits per heavy atom. The molecular weight excluding hydrogens is 370 g/mol. The van der Waals surface area contributed by atoms with Crippen molar-refractivity contribution in [3.05, 3.63) is 47.5 Å². The molecule has 0 saturated carbocycles. The van der Waals surface area contributed by atoms with Crippen molar-refractivity contribution in [2.45, 2.75) is 72.4 Å². The predicted octanol–water partition coefficient (Wildman–Crippen LogP) is 4.84. The van der Waals surface area contributed by atoms with Gasteiger partial charge in [0.05, 0.1) is 12.1 Å². The van der Waals surface area contributed by atoms with Crippen LogP contribution in [0.4, 0.5) is 4.79 Å². The number of aliphatic carboxylic acids is 1. The van der Waals surface area contributed by atoms with Crippen LogP contribution in [0.5, 0.6) is 0 Å². The number of rotatable bonds is 7.